The second-order valence-electron chi connectivity index (χ2n) is 4.83. The highest BCUT2D eigenvalue weighted by atomic mass is 16.2. The van der Waals surface area contributed by atoms with Gasteiger partial charge in [0.1, 0.15) is 5.82 Å². The van der Waals surface area contributed by atoms with Crippen LogP contribution in [0.4, 0.5) is 17.2 Å². The highest BCUT2D eigenvalue weighted by Gasteiger charge is 2.14. The Balaban J connectivity index is 2.01. The third-order valence-electron chi connectivity index (χ3n) is 2.78. The summed E-state index contributed by atoms with van der Waals surface area (Å²) in [5.41, 5.74) is 1.65. The Morgan fingerprint density at radius 2 is 1.48 bits per heavy atom. The molecule has 1 aromatic carbocycles. The van der Waals surface area contributed by atoms with Gasteiger partial charge in [-0.15, -0.1) is 0 Å². The lowest BCUT2D eigenvalue weighted by Gasteiger charge is -2.08. The predicted octanol–water partition coefficient (Wildman–Crippen LogP) is 1.93. The number of carbonyl (C=O) groups is 3. The average Bonchev–Trinajstić information content (AvgIpc) is 2.46. The fraction of sp³-hybridized carbons (Fsp3) is 0.125. The van der Waals surface area contributed by atoms with Gasteiger partial charge in [0, 0.05) is 24.0 Å². The minimum atomic E-state index is -0.826. The summed E-state index contributed by atoms with van der Waals surface area (Å²) in [6.45, 7) is 3.16. The summed E-state index contributed by atoms with van der Waals surface area (Å²) in [6, 6.07) is 11.6. The topological polar surface area (TPSA) is 100 Å². The number of amides is 3. The molecule has 118 valence electrons. The molecule has 1 heterocycles. The number of benzene rings is 1. The predicted molar refractivity (Wildman–Crippen MR) is 87.0 cm³/mol. The second-order valence-corrected chi connectivity index (χ2v) is 4.83. The minimum absolute atomic E-state index is 0.225. The van der Waals surface area contributed by atoms with Crippen LogP contribution in [-0.2, 0) is 14.4 Å². The van der Waals surface area contributed by atoms with Crippen molar-refractivity contribution in [1.29, 1.82) is 0 Å². The molecule has 0 radical (unpaired) electrons. The van der Waals surface area contributed by atoms with Crippen molar-refractivity contribution >= 4 is 34.9 Å². The van der Waals surface area contributed by atoms with E-state index in [9.17, 15) is 14.4 Å². The van der Waals surface area contributed by atoms with Gasteiger partial charge >= 0.3 is 11.8 Å². The van der Waals surface area contributed by atoms with E-state index in [1.54, 1.807) is 49.4 Å². The first-order valence-electron chi connectivity index (χ1n) is 6.87. The smallest absolute Gasteiger partial charge is 0.315 e. The Hall–Kier alpha value is -3.22. The molecular formula is C16H16N4O3. The van der Waals surface area contributed by atoms with Crippen molar-refractivity contribution in [2.45, 2.75) is 13.8 Å². The zero-order chi connectivity index (χ0) is 16.8. The summed E-state index contributed by atoms with van der Waals surface area (Å²) in [4.78, 5) is 38.9. The minimum Gasteiger partial charge on any atom is -0.326 e. The molecule has 0 aliphatic heterocycles. The van der Waals surface area contributed by atoms with Crippen LogP contribution in [0.3, 0.4) is 0 Å². The van der Waals surface area contributed by atoms with E-state index >= 15 is 0 Å². The lowest BCUT2D eigenvalue weighted by molar-refractivity contribution is -0.133. The molecule has 7 nitrogen and oxygen atoms in total. The number of carbonyl (C=O) groups excluding carboxylic acids is 3. The molecule has 3 amide bonds. The molecule has 7 heteroatoms. The third kappa shape index (κ3) is 4.92. The Morgan fingerprint density at radius 1 is 0.870 bits per heavy atom. The normalized spacial score (nSPS) is 9.83. The van der Waals surface area contributed by atoms with Crippen LogP contribution in [0.1, 0.15) is 12.6 Å². The van der Waals surface area contributed by atoms with Crippen LogP contribution in [0.2, 0.25) is 0 Å². The number of anilines is 3. The van der Waals surface area contributed by atoms with E-state index in [0.717, 1.165) is 5.69 Å². The molecule has 0 saturated heterocycles. The zero-order valence-electron chi connectivity index (χ0n) is 12.7. The fourth-order valence-electron chi connectivity index (χ4n) is 1.85. The number of nitrogens with one attached hydrogen (secondary N) is 3. The van der Waals surface area contributed by atoms with Gasteiger partial charge in [-0.2, -0.15) is 0 Å². The Kier molecular flexibility index (Phi) is 5.03. The van der Waals surface area contributed by atoms with Crippen LogP contribution in [0.25, 0.3) is 0 Å². The number of aromatic nitrogens is 1. The molecule has 0 aliphatic carbocycles. The summed E-state index contributed by atoms with van der Waals surface area (Å²) >= 11 is 0. The SMILES string of the molecule is CC(=O)Nc1cccc(NC(=O)C(=O)Nc2cccc(C)n2)c1. The van der Waals surface area contributed by atoms with Crippen LogP contribution >= 0.6 is 0 Å². The van der Waals surface area contributed by atoms with Gasteiger partial charge in [0.25, 0.3) is 0 Å². The van der Waals surface area contributed by atoms with Crippen LogP contribution < -0.4 is 16.0 Å². The maximum Gasteiger partial charge on any atom is 0.315 e. The van der Waals surface area contributed by atoms with Crippen LogP contribution in [0, 0.1) is 6.92 Å². The van der Waals surface area contributed by atoms with E-state index in [-0.39, 0.29) is 5.91 Å². The van der Waals surface area contributed by atoms with Crippen molar-refractivity contribution in [1.82, 2.24) is 4.98 Å². The first-order chi connectivity index (χ1) is 10.9. The lowest BCUT2D eigenvalue weighted by Crippen LogP contribution is -2.29. The molecule has 0 fully saturated rings. The molecule has 0 bridgehead atoms. The van der Waals surface area contributed by atoms with Crippen molar-refractivity contribution in [3.63, 3.8) is 0 Å². The van der Waals surface area contributed by atoms with Crippen molar-refractivity contribution in [2.24, 2.45) is 0 Å². The standard InChI is InChI=1S/C16H16N4O3/c1-10-5-3-8-14(17-10)20-16(23)15(22)19-13-7-4-6-12(9-13)18-11(2)21/h3-9H,1-2H3,(H,18,21)(H,19,22)(H,17,20,23). The first-order valence-corrected chi connectivity index (χ1v) is 6.87. The van der Waals surface area contributed by atoms with Gasteiger partial charge in [0.2, 0.25) is 5.91 Å². The second kappa shape index (κ2) is 7.17. The van der Waals surface area contributed by atoms with Gasteiger partial charge in [0.15, 0.2) is 0 Å². The molecule has 3 N–H and O–H groups in total. The van der Waals surface area contributed by atoms with E-state index in [4.69, 9.17) is 0 Å². The van der Waals surface area contributed by atoms with Gasteiger partial charge < -0.3 is 16.0 Å². The third-order valence-corrected chi connectivity index (χ3v) is 2.78. The van der Waals surface area contributed by atoms with Crippen molar-refractivity contribution in [3.8, 4) is 0 Å². The fourth-order valence-corrected chi connectivity index (χ4v) is 1.85. The summed E-state index contributed by atoms with van der Waals surface area (Å²) in [5.74, 6) is -1.57. The van der Waals surface area contributed by atoms with Crippen molar-refractivity contribution < 1.29 is 14.4 Å². The molecule has 0 atom stereocenters. The summed E-state index contributed by atoms with van der Waals surface area (Å²) in [7, 11) is 0. The zero-order valence-corrected chi connectivity index (χ0v) is 12.7. The lowest BCUT2D eigenvalue weighted by atomic mass is 10.2. The molecule has 0 aliphatic rings. The van der Waals surface area contributed by atoms with E-state index in [1.165, 1.54) is 6.92 Å². The Morgan fingerprint density at radius 3 is 2.13 bits per heavy atom. The number of rotatable bonds is 3. The van der Waals surface area contributed by atoms with E-state index in [2.05, 4.69) is 20.9 Å². The van der Waals surface area contributed by atoms with E-state index in [0.29, 0.717) is 17.2 Å². The molecule has 2 rings (SSSR count). The first kappa shape index (κ1) is 16.2. The van der Waals surface area contributed by atoms with Crippen LogP contribution in [-0.4, -0.2) is 22.7 Å². The summed E-state index contributed by atoms with van der Waals surface area (Å²) in [6.07, 6.45) is 0. The maximum absolute atomic E-state index is 11.9. The maximum atomic E-state index is 11.9. The van der Waals surface area contributed by atoms with Gasteiger partial charge in [-0.3, -0.25) is 14.4 Å². The number of hydrogen-bond acceptors (Lipinski definition) is 4. The summed E-state index contributed by atoms with van der Waals surface area (Å²) < 4.78 is 0. The Labute approximate surface area is 133 Å². The number of nitrogens with zero attached hydrogens (tertiary/aromatic N) is 1. The molecule has 1 aromatic heterocycles. The van der Waals surface area contributed by atoms with Gasteiger partial charge in [0.05, 0.1) is 0 Å². The van der Waals surface area contributed by atoms with Gasteiger partial charge in [-0.25, -0.2) is 4.98 Å². The van der Waals surface area contributed by atoms with Crippen molar-refractivity contribution in [3.05, 3.63) is 48.2 Å². The van der Waals surface area contributed by atoms with Crippen LogP contribution in [0.5, 0.6) is 0 Å². The Bertz CT molecular complexity index is 758. The van der Waals surface area contributed by atoms with Crippen molar-refractivity contribution in [2.75, 3.05) is 16.0 Å². The molecule has 23 heavy (non-hydrogen) atoms. The molecular weight excluding hydrogens is 296 g/mol. The highest BCUT2D eigenvalue weighted by molar-refractivity contribution is 6.43. The molecule has 0 unspecified atom stereocenters. The molecule has 0 spiro atoms. The quantitative estimate of drug-likeness (QED) is 0.754. The number of aryl methyl sites for hydroxylation is 1. The largest absolute Gasteiger partial charge is 0.326 e. The highest BCUT2D eigenvalue weighted by Crippen LogP contribution is 2.15. The number of pyridine rings is 1. The van der Waals surface area contributed by atoms with E-state index in [1.807, 2.05) is 0 Å². The number of hydrogen-bond donors (Lipinski definition) is 3. The monoisotopic (exact) mass is 312 g/mol. The van der Waals surface area contributed by atoms with Gasteiger partial charge in [-0.1, -0.05) is 12.1 Å². The van der Waals surface area contributed by atoms with E-state index < -0.39 is 11.8 Å². The summed E-state index contributed by atoms with van der Waals surface area (Å²) in [5, 5.41) is 7.47. The molecule has 2 aromatic rings. The molecule has 0 saturated carbocycles. The van der Waals surface area contributed by atoms with Gasteiger partial charge in [-0.05, 0) is 37.3 Å². The average molecular weight is 312 g/mol. The van der Waals surface area contributed by atoms with Crippen LogP contribution in [0.15, 0.2) is 42.5 Å².